The predicted molar refractivity (Wildman–Crippen MR) is 108 cm³/mol. The fourth-order valence-electron chi connectivity index (χ4n) is 3.01. The van der Waals surface area contributed by atoms with Crippen LogP contribution in [0.1, 0.15) is 43.0 Å². The smallest absolute Gasteiger partial charge is 0.343 e. The summed E-state index contributed by atoms with van der Waals surface area (Å²) in [7, 11) is 0. The molecule has 3 rings (SSSR count). The van der Waals surface area contributed by atoms with Crippen LogP contribution in [0.2, 0.25) is 0 Å². The van der Waals surface area contributed by atoms with E-state index in [-0.39, 0.29) is 11.5 Å². The van der Waals surface area contributed by atoms with Crippen molar-refractivity contribution in [2.24, 2.45) is 0 Å². The van der Waals surface area contributed by atoms with Crippen molar-refractivity contribution in [2.75, 3.05) is 0 Å². The zero-order valence-corrected chi connectivity index (χ0v) is 16.4. The Morgan fingerprint density at radius 1 is 0.607 bits per heavy atom. The molecule has 0 spiro atoms. The molecule has 0 bridgehead atoms. The van der Waals surface area contributed by atoms with Crippen molar-refractivity contribution in [1.82, 2.24) is 0 Å². The van der Waals surface area contributed by atoms with Crippen LogP contribution in [-0.2, 0) is 0 Å². The molecule has 0 aliphatic carbocycles. The molecule has 4 nitrogen and oxygen atoms in total. The third-order valence-electron chi connectivity index (χ3n) is 4.46. The first-order valence-corrected chi connectivity index (χ1v) is 9.03. The first kappa shape index (κ1) is 19.4. The standard InChI is InChI=1S/C24H22O4/c1-15-9-11-19(17(3)13-15)23(25)27-21-7-5-6-8-22(21)28-24(26)20-12-10-16(2)14-18(20)4/h5-14H,1-4H3. The zero-order chi connectivity index (χ0) is 20.3. The molecule has 0 aromatic heterocycles. The summed E-state index contributed by atoms with van der Waals surface area (Å²) < 4.78 is 11.0. The van der Waals surface area contributed by atoms with E-state index in [4.69, 9.17) is 9.47 Å². The Morgan fingerprint density at radius 2 is 1.00 bits per heavy atom. The van der Waals surface area contributed by atoms with Gasteiger partial charge in [-0.2, -0.15) is 0 Å². The van der Waals surface area contributed by atoms with E-state index in [1.54, 1.807) is 36.4 Å². The number of hydrogen-bond acceptors (Lipinski definition) is 4. The molecule has 3 aromatic carbocycles. The molecule has 28 heavy (non-hydrogen) atoms. The second-order valence-corrected chi connectivity index (χ2v) is 6.86. The first-order chi connectivity index (χ1) is 13.3. The van der Waals surface area contributed by atoms with Crippen molar-refractivity contribution in [3.63, 3.8) is 0 Å². The van der Waals surface area contributed by atoms with Crippen LogP contribution >= 0.6 is 0 Å². The Hall–Kier alpha value is -3.40. The normalized spacial score (nSPS) is 10.4. The third kappa shape index (κ3) is 4.29. The lowest BCUT2D eigenvalue weighted by Gasteiger charge is -2.12. The largest absolute Gasteiger partial charge is 0.419 e. The van der Waals surface area contributed by atoms with Crippen molar-refractivity contribution in [1.29, 1.82) is 0 Å². The number of carbonyl (C=O) groups excluding carboxylic acids is 2. The Morgan fingerprint density at radius 3 is 1.36 bits per heavy atom. The van der Waals surface area contributed by atoms with Gasteiger partial charge < -0.3 is 9.47 Å². The minimum Gasteiger partial charge on any atom is -0.419 e. The number of hydrogen-bond donors (Lipinski definition) is 0. The van der Waals surface area contributed by atoms with Gasteiger partial charge in [0.05, 0.1) is 11.1 Å². The van der Waals surface area contributed by atoms with Crippen LogP contribution in [0.4, 0.5) is 0 Å². The van der Waals surface area contributed by atoms with Crippen LogP contribution < -0.4 is 9.47 Å². The molecule has 4 heteroatoms. The molecule has 0 heterocycles. The van der Waals surface area contributed by atoms with E-state index in [0.717, 1.165) is 22.3 Å². The average Bonchev–Trinajstić information content (AvgIpc) is 2.63. The minimum absolute atomic E-state index is 0.200. The van der Waals surface area contributed by atoms with Gasteiger partial charge in [-0.05, 0) is 63.1 Å². The Bertz CT molecular complexity index is 966. The molecule has 0 unspecified atom stereocenters. The average molecular weight is 374 g/mol. The van der Waals surface area contributed by atoms with Crippen LogP contribution in [0.3, 0.4) is 0 Å². The summed E-state index contributed by atoms with van der Waals surface area (Å²) in [4.78, 5) is 25.2. The Kier molecular flexibility index (Phi) is 5.59. The van der Waals surface area contributed by atoms with E-state index in [0.29, 0.717) is 11.1 Å². The summed E-state index contributed by atoms with van der Waals surface area (Å²) in [6, 6.07) is 17.7. The van der Waals surface area contributed by atoms with Gasteiger partial charge in [-0.25, -0.2) is 9.59 Å². The molecule has 0 atom stereocenters. The maximum Gasteiger partial charge on any atom is 0.343 e. The van der Waals surface area contributed by atoms with Gasteiger partial charge in [0.25, 0.3) is 0 Å². The lowest BCUT2D eigenvalue weighted by atomic mass is 10.1. The summed E-state index contributed by atoms with van der Waals surface area (Å²) in [5.74, 6) is -0.587. The van der Waals surface area contributed by atoms with E-state index in [9.17, 15) is 9.59 Å². The highest BCUT2D eigenvalue weighted by molar-refractivity contribution is 5.94. The molecule has 142 valence electrons. The molecule has 3 aromatic rings. The van der Waals surface area contributed by atoms with Crippen LogP contribution in [-0.4, -0.2) is 11.9 Å². The second kappa shape index (κ2) is 8.09. The minimum atomic E-state index is -0.493. The molecule has 0 aliphatic heterocycles. The summed E-state index contributed by atoms with van der Waals surface area (Å²) >= 11 is 0. The van der Waals surface area contributed by atoms with Crippen LogP contribution in [0.5, 0.6) is 11.5 Å². The van der Waals surface area contributed by atoms with Gasteiger partial charge in [0.2, 0.25) is 0 Å². The Balaban J connectivity index is 1.83. The highest BCUT2D eigenvalue weighted by Gasteiger charge is 2.18. The van der Waals surface area contributed by atoms with E-state index >= 15 is 0 Å². The number of para-hydroxylation sites is 2. The highest BCUT2D eigenvalue weighted by atomic mass is 16.6. The number of carbonyl (C=O) groups is 2. The number of rotatable bonds is 4. The van der Waals surface area contributed by atoms with Gasteiger partial charge in [0.15, 0.2) is 11.5 Å². The van der Waals surface area contributed by atoms with E-state index in [2.05, 4.69) is 0 Å². The quantitative estimate of drug-likeness (QED) is 0.456. The van der Waals surface area contributed by atoms with E-state index in [1.807, 2.05) is 52.0 Å². The summed E-state index contributed by atoms with van der Waals surface area (Å²) in [5.41, 5.74) is 4.74. The fraction of sp³-hybridized carbons (Fsp3) is 0.167. The van der Waals surface area contributed by atoms with Gasteiger partial charge in [0.1, 0.15) is 0 Å². The predicted octanol–water partition coefficient (Wildman–Crippen LogP) is 5.36. The molecule has 0 amide bonds. The van der Waals surface area contributed by atoms with Gasteiger partial charge in [-0.1, -0.05) is 47.5 Å². The topological polar surface area (TPSA) is 52.6 Å². The number of ether oxygens (including phenoxy) is 2. The van der Waals surface area contributed by atoms with Crippen LogP contribution in [0, 0.1) is 27.7 Å². The lowest BCUT2D eigenvalue weighted by Crippen LogP contribution is -2.14. The van der Waals surface area contributed by atoms with Crippen LogP contribution in [0.15, 0.2) is 60.7 Å². The third-order valence-corrected chi connectivity index (χ3v) is 4.46. The zero-order valence-electron chi connectivity index (χ0n) is 16.4. The summed E-state index contributed by atoms with van der Waals surface area (Å²) in [6.07, 6.45) is 0. The molecule has 0 aliphatic rings. The Labute approximate surface area is 164 Å². The molecule has 0 radical (unpaired) electrons. The maximum absolute atomic E-state index is 12.6. The first-order valence-electron chi connectivity index (χ1n) is 9.03. The van der Waals surface area contributed by atoms with E-state index < -0.39 is 11.9 Å². The lowest BCUT2D eigenvalue weighted by molar-refractivity contribution is 0.0681. The molecule has 0 fully saturated rings. The van der Waals surface area contributed by atoms with Crippen molar-refractivity contribution in [2.45, 2.75) is 27.7 Å². The number of aryl methyl sites for hydroxylation is 4. The van der Waals surface area contributed by atoms with Crippen molar-refractivity contribution >= 4 is 11.9 Å². The number of benzene rings is 3. The van der Waals surface area contributed by atoms with Crippen molar-refractivity contribution in [3.05, 3.63) is 94.0 Å². The molecule has 0 saturated carbocycles. The van der Waals surface area contributed by atoms with E-state index in [1.165, 1.54) is 0 Å². The molecule has 0 saturated heterocycles. The van der Waals surface area contributed by atoms with Crippen molar-refractivity contribution in [3.8, 4) is 11.5 Å². The SMILES string of the molecule is Cc1ccc(C(=O)Oc2ccccc2OC(=O)c2ccc(C)cc2C)c(C)c1. The van der Waals surface area contributed by atoms with Gasteiger partial charge in [-0.15, -0.1) is 0 Å². The monoisotopic (exact) mass is 374 g/mol. The maximum atomic E-state index is 12.6. The van der Waals surface area contributed by atoms with Gasteiger partial charge in [-0.3, -0.25) is 0 Å². The number of esters is 2. The summed E-state index contributed by atoms with van der Waals surface area (Å²) in [5, 5.41) is 0. The van der Waals surface area contributed by atoms with Crippen LogP contribution in [0.25, 0.3) is 0 Å². The second-order valence-electron chi connectivity index (χ2n) is 6.86. The van der Waals surface area contributed by atoms with Crippen molar-refractivity contribution < 1.29 is 19.1 Å². The molecular formula is C24H22O4. The van der Waals surface area contributed by atoms with Gasteiger partial charge in [0, 0.05) is 0 Å². The summed E-state index contributed by atoms with van der Waals surface area (Å²) in [6.45, 7) is 7.64. The molecular weight excluding hydrogens is 352 g/mol. The fourth-order valence-corrected chi connectivity index (χ4v) is 3.01. The molecule has 0 N–H and O–H groups in total. The highest BCUT2D eigenvalue weighted by Crippen LogP contribution is 2.29. The van der Waals surface area contributed by atoms with Gasteiger partial charge >= 0.3 is 11.9 Å².